The summed E-state index contributed by atoms with van der Waals surface area (Å²) in [7, 11) is -4.62. The Kier molecular flexibility index (Phi) is 43.3. The minimum absolute atomic E-state index is 0.145. The Labute approximate surface area is 361 Å². The van der Waals surface area contributed by atoms with E-state index in [1.54, 1.807) is 0 Å². The van der Waals surface area contributed by atoms with E-state index in [0.717, 1.165) is 44.9 Å². The average Bonchev–Trinajstić information content (AvgIpc) is 3.22. The van der Waals surface area contributed by atoms with Gasteiger partial charge in [-0.25, -0.2) is 4.57 Å². The lowest BCUT2D eigenvalue weighted by Crippen LogP contribution is -2.29. The van der Waals surface area contributed by atoms with Crippen molar-refractivity contribution in [3.8, 4) is 0 Å². The smallest absolute Gasteiger partial charge is 0.462 e. The molecule has 3 N–H and O–H groups in total. The van der Waals surface area contributed by atoms with Crippen LogP contribution >= 0.6 is 7.82 Å². The van der Waals surface area contributed by atoms with Gasteiger partial charge in [-0.05, 0) is 44.9 Å². The Bertz CT molecular complexity index is 1040. The molecule has 0 aromatic carbocycles. The van der Waals surface area contributed by atoms with Gasteiger partial charge in [-0.3, -0.25) is 18.6 Å². The van der Waals surface area contributed by atoms with Crippen LogP contribution in [0.5, 0.6) is 0 Å². The summed E-state index contributed by atoms with van der Waals surface area (Å²) in [4.78, 5) is 35.1. The molecule has 0 aromatic heterocycles. The van der Waals surface area contributed by atoms with Crippen LogP contribution in [0.25, 0.3) is 0 Å². The van der Waals surface area contributed by atoms with Crippen LogP contribution in [0.4, 0.5) is 0 Å². The van der Waals surface area contributed by atoms with Gasteiger partial charge in [0, 0.05) is 12.8 Å². The maximum Gasteiger partial charge on any atom is 0.472 e. The van der Waals surface area contributed by atoms with Crippen LogP contribution in [-0.2, 0) is 32.7 Å². The van der Waals surface area contributed by atoms with Gasteiger partial charge in [0.05, 0.1) is 19.8 Å². The number of carbonyl (C=O) groups is 2. The molecule has 0 aromatic rings. The van der Waals surface area contributed by atoms with E-state index in [4.69, 9.17) is 23.6 Å². The average molecular weight is 859 g/mol. The Hall–Kier alpha value is -1.55. The zero-order valence-electron chi connectivity index (χ0n) is 38.0. The van der Waals surface area contributed by atoms with Gasteiger partial charge in [0.25, 0.3) is 0 Å². The molecular formula is C48H91O10P. The number of aliphatic hydroxyl groups is 2. The highest BCUT2D eigenvalue weighted by Gasteiger charge is 2.27. The van der Waals surface area contributed by atoms with Crippen LogP contribution in [0.3, 0.4) is 0 Å². The third kappa shape index (κ3) is 44.3. The lowest BCUT2D eigenvalue weighted by atomic mass is 10.0. The largest absolute Gasteiger partial charge is 0.472 e. The highest BCUT2D eigenvalue weighted by Crippen LogP contribution is 2.43. The SMILES string of the molecule is CCCCCCCC/C=C/C/C=C/CCCCC(=O)O[C@@H](COC(=O)CCCCCCCCCCCCCCCCCCCCCCC)COP(=O)(O)OC[C@H](O)CO. The molecular weight excluding hydrogens is 767 g/mol. The molecule has 0 radical (unpaired) electrons. The van der Waals surface area contributed by atoms with Crippen molar-refractivity contribution in [1.29, 1.82) is 0 Å². The minimum Gasteiger partial charge on any atom is -0.462 e. The molecule has 0 saturated heterocycles. The molecule has 0 amide bonds. The zero-order chi connectivity index (χ0) is 43.3. The fourth-order valence-corrected chi connectivity index (χ4v) is 7.64. The zero-order valence-corrected chi connectivity index (χ0v) is 38.9. The van der Waals surface area contributed by atoms with Gasteiger partial charge in [0.1, 0.15) is 12.7 Å². The highest BCUT2D eigenvalue weighted by molar-refractivity contribution is 7.47. The van der Waals surface area contributed by atoms with Gasteiger partial charge < -0.3 is 24.6 Å². The topological polar surface area (TPSA) is 149 Å². The molecule has 0 fully saturated rings. The minimum atomic E-state index is -4.62. The van der Waals surface area contributed by atoms with Crippen LogP contribution in [0.2, 0.25) is 0 Å². The van der Waals surface area contributed by atoms with Gasteiger partial charge in [0.2, 0.25) is 0 Å². The summed E-state index contributed by atoms with van der Waals surface area (Å²) in [6.07, 6.45) is 45.8. The maximum atomic E-state index is 12.6. The van der Waals surface area contributed by atoms with Crippen LogP contribution in [-0.4, -0.2) is 65.7 Å². The number of rotatable bonds is 46. The van der Waals surface area contributed by atoms with E-state index in [9.17, 15) is 24.2 Å². The number of carbonyl (C=O) groups excluding carboxylic acids is 2. The molecule has 0 bridgehead atoms. The van der Waals surface area contributed by atoms with E-state index in [1.807, 2.05) is 0 Å². The number of hydrogen-bond donors (Lipinski definition) is 3. The van der Waals surface area contributed by atoms with E-state index in [2.05, 4.69) is 38.2 Å². The monoisotopic (exact) mass is 859 g/mol. The molecule has 0 spiro atoms. The quantitative estimate of drug-likeness (QED) is 0.0234. The van der Waals surface area contributed by atoms with Gasteiger partial charge in [0.15, 0.2) is 6.10 Å². The van der Waals surface area contributed by atoms with Crippen molar-refractivity contribution in [1.82, 2.24) is 0 Å². The van der Waals surface area contributed by atoms with Crippen LogP contribution < -0.4 is 0 Å². The summed E-state index contributed by atoms with van der Waals surface area (Å²) in [5, 5.41) is 18.4. The molecule has 10 nitrogen and oxygen atoms in total. The number of phosphoric acid groups is 1. The van der Waals surface area contributed by atoms with E-state index in [0.29, 0.717) is 12.8 Å². The van der Waals surface area contributed by atoms with E-state index in [1.165, 1.54) is 148 Å². The first kappa shape index (κ1) is 57.4. The second-order valence-corrected chi connectivity index (χ2v) is 17.9. The van der Waals surface area contributed by atoms with Crippen molar-refractivity contribution in [3.05, 3.63) is 24.3 Å². The predicted octanol–water partition coefficient (Wildman–Crippen LogP) is 13.3. The molecule has 3 atom stereocenters. The Morgan fingerprint density at radius 3 is 1.34 bits per heavy atom. The summed E-state index contributed by atoms with van der Waals surface area (Å²) in [6.45, 7) is 2.37. The molecule has 59 heavy (non-hydrogen) atoms. The molecule has 0 heterocycles. The molecule has 0 saturated carbocycles. The fraction of sp³-hybridized carbons (Fsp3) is 0.875. The summed E-state index contributed by atoms with van der Waals surface area (Å²) in [5.41, 5.74) is 0. The lowest BCUT2D eigenvalue weighted by molar-refractivity contribution is -0.161. The number of phosphoric ester groups is 1. The number of hydrogen-bond acceptors (Lipinski definition) is 9. The standard InChI is InChI=1S/C48H91O10P/c1-3-5-7-9-11-13-15-17-19-20-21-22-23-24-26-27-29-31-33-35-37-39-47(51)55-43-46(44-57-59(53,54)56-42-45(50)41-49)58-48(52)40-38-36-34-32-30-28-25-18-16-14-12-10-8-6-4-2/h18,25,30,32,45-46,49-50H,3-17,19-24,26-29,31,33-44H2,1-2H3,(H,53,54)/b25-18+,32-30+/t45-,46+/m1/s1. The number of ether oxygens (including phenoxy) is 2. The first-order valence-corrected chi connectivity index (χ1v) is 25.8. The van der Waals surface area contributed by atoms with Crippen molar-refractivity contribution < 1.29 is 47.8 Å². The Morgan fingerprint density at radius 2 is 0.881 bits per heavy atom. The molecule has 0 aliphatic heterocycles. The van der Waals surface area contributed by atoms with E-state index < -0.39 is 51.8 Å². The van der Waals surface area contributed by atoms with Crippen LogP contribution in [0.15, 0.2) is 24.3 Å². The number of allylic oxidation sites excluding steroid dienone is 4. The molecule has 1 unspecified atom stereocenters. The maximum absolute atomic E-state index is 12.6. The van der Waals surface area contributed by atoms with Crippen molar-refractivity contribution in [3.63, 3.8) is 0 Å². The molecule has 348 valence electrons. The van der Waals surface area contributed by atoms with Crippen molar-refractivity contribution >= 4 is 19.8 Å². The second kappa shape index (κ2) is 44.5. The van der Waals surface area contributed by atoms with Crippen molar-refractivity contribution in [2.24, 2.45) is 0 Å². The van der Waals surface area contributed by atoms with Crippen molar-refractivity contribution in [2.75, 3.05) is 26.4 Å². The number of aliphatic hydroxyl groups excluding tert-OH is 2. The van der Waals surface area contributed by atoms with Crippen LogP contribution in [0, 0.1) is 0 Å². The highest BCUT2D eigenvalue weighted by atomic mass is 31.2. The first-order valence-electron chi connectivity index (χ1n) is 24.3. The van der Waals surface area contributed by atoms with Gasteiger partial charge in [-0.1, -0.05) is 199 Å². The summed E-state index contributed by atoms with van der Waals surface area (Å²) < 4.78 is 32.8. The third-order valence-electron chi connectivity index (χ3n) is 10.6. The second-order valence-electron chi connectivity index (χ2n) is 16.5. The van der Waals surface area contributed by atoms with Gasteiger partial charge in [-0.15, -0.1) is 0 Å². The lowest BCUT2D eigenvalue weighted by Gasteiger charge is -2.20. The van der Waals surface area contributed by atoms with Crippen LogP contribution in [0.1, 0.15) is 232 Å². The summed E-state index contributed by atoms with van der Waals surface area (Å²) in [6, 6.07) is 0. The number of unbranched alkanes of at least 4 members (excludes halogenated alkanes) is 28. The first-order chi connectivity index (χ1) is 28.7. The number of esters is 2. The molecule has 0 aliphatic rings. The summed E-state index contributed by atoms with van der Waals surface area (Å²) >= 11 is 0. The fourth-order valence-electron chi connectivity index (χ4n) is 6.85. The third-order valence-corrected chi connectivity index (χ3v) is 11.6. The Balaban J connectivity index is 4.19. The summed E-state index contributed by atoms with van der Waals surface area (Å²) in [5.74, 6) is -0.951. The van der Waals surface area contributed by atoms with Gasteiger partial charge >= 0.3 is 19.8 Å². The van der Waals surface area contributed by atoms with E-state index >= 15 is 0 Å². The normalized spacial score (nSPS) is 13.9. The molecule has 0 aliphatic carbocycles. The molecule has 0 rings (SSSR count). The van der Waals surface area contributed by atoms with Gasteiger partial charge in [-0.2, -0.15) is 0 Å². The Morgan fingerprint density at radius 1 is 0.508 bits per heavy atom. The van der Waals surface area contributed by atoms with E-state index in [-0.39, 0.29) is 19.4 Å². The van der Waals surface area contributed by atoms with Crippen molar-refractivity contribution in [2.45, 2.75) is 244 Å². The molecule has 11 heteroatoms. The predicted molar refractivity (Wildman–Crippen MR) is 242 cm³/mol.